The summed E-state index contributed by atoms with van der Waals surface area (Å²) in [6, 6.07) is 4.47. The van der Waals surface area contributed by atoms with Gasteiger partial charge in [0.05, 0.1) is 0 Å². The van der Waals surface area contributed by atoms with E-state index >= 15 is 0 Å². The van der Waals surface area contributed by atoms with Crippen molar-refractivity contribution >= 4 is 22.4 Å². The minimum absolute atomic E-state index is 0.0463. The molecule has 1 aliphatic carbocycles. The fraction of sp³-hybridized carbons (Fsp3) is 0.682. The SMILES string of the molecule is CN(CCCNC(=O)c1cccn1-c1nnc(N2CCCCC2)s1)C1CCCCC1. The maximum Gasteiger partial charge on any atom is 0.268 e. The Balaban J connectivity index is 1.28. The van der Waals surface area contributed by atoms with Gasteiger partial charge >= 0.3 is 0 Å². The molecule has 2 aromatic rings. The number of hydrogen-bond acceptors (Lipinski definition) is 6. The zero-order valence-electron chi connectivity index (χ0n) is 18.1. The van der Waals surface area contributed by atoms with Gasteiger partial charge in [-0.3, -0.25) is 9.36 Å². The minimum atomic E-state index is -0.0463. The van der Waals surface area contributed by atoms with Crippen LogP contribution in [0.2, 0.25) is 0 Å². The van der Waals surface area contributed by atoms with Crippen LogP contribution in [0.5, 0.6) is 0 Å². The monoisotopic (exact) mass is 430 g/mol. The fourth-order valence-electron chi connectivity index (χ4n) is 4.58. The van der Waals surface area contributed by atoms with Crippen LogP contribution in [0.15, 0.2) is 18.3 Å². The Hall–Kier alpha value is -1.93. The predicted molar refractivity (Wildman–Crippen MR) is 122 cm³/mol. The van der Waals surface area contributed by atoms with E-state index in [0.717, 1.165) is 42.4 Å². The molecule has 8 heteroatoms. The molecule has 164 valence electrons. The van der Waals surface area contributed by atoms with Crippen LogP contribution in [0.4, 0.5) is 5.13 Å². The second-order valence-corrected chi connectivity index (χ2v) is 9.49. The maximum absolute atomic E-state index is 12.8. The van der Waals surface area contributed by atoms with Crippen molar-refractivity contribution in [1.29, 1.82) is 0 Å². The molecule has 0 radical (unpaired) electrons. The van der Waals surface area contributed by atoms with Gasteiger partial charge in [0.15, 0.2) is 0 Å². The first-order chi connectivity index (χ1) is 14.7. The quantitative estimate of drug-likeness (QED) is 0.647. The van der Waals surface area contributed by atoms with Crippen molar-refractivity contribution < 1.29 is 4.79 Å². The summed E-state index contributed by atoms with van der Waals surface area (Å²) in [5.41, 5.74) is 0.622. The molecule has 1 saturated carbocycles. The molecule has 3 heterocycles. The lowest BCUT2D eigenvalue weighted by molar-refractivity contribution is 0.0944. The van der Waals surface area contributed by atoms with Crippen molar-refractivity contribution in [2.75, 3.05) is 38.1 Å². The largest absolute Gasteiger partial charge is 0.351 e. The molecule has 0 unspecified atom stereocenters. The molecular weight excluding hydrogens is 396 g/mol. The molecule has 2 aliphatic rings. The van der Waals surface area contributed by atoms with Gasteiger partial charge in [-0.25, -0.2) is 0 Å². The van der Waals surface area contributed by atoms with Gasteiger partial charge in [0.1, 0.15) is 5.69 Å². The van der Waals surface area contributed by atoms with E-state index < -0.39 is 0 Å². The van der Waals surface area contributed by atoms with E-state index in [1.54, 1.807) is 11.3 Å². The molecule has 4 rings (SSSR count). The second-order valence-electron chi connectivity index (χ2n) is 8.56. The first kappa shape index (κ1) is 21.3. The summed E-state index contributed by atoms with van der Waals surface area (Å²) in [5, 5.41) is 13.5. The Morgan fingerprint density at radius 1 is 1.13 bits per heavy atom. The van der Waals surface area contributed by atoms with E-state index in [0.29, 0.717) is 12.2 Å². The van der Waals surface area contributed by atoms with Gasteiger partial charge in [-0.15, -0.1) is 10.2 Å². The number of amides is 1. The average molecular weight is 431 g/mol. The number of anilines is 1. The van der Waals surface area contributed by atoms with E-state index in [1.807, 2.05) is 22.9 Å². The molecule has 1 N–H and O–H groups in total. The normalized spacial score (nSPS) is 18.1. The highest BCUT2D eigenvalue weighted by molar-refractivity contribution is 7.17. The van der Waals surface area contributed by atoms with E-state index in [9.17, 15) is 4.79 Å². The van der Waals surface area contributed by atoms with Crippen LogP contribution in [0, 0.1) is 0 Å². The van der Waals surface area contributed by atoms with Gasteiger partial charge in [-0.1, -0.05) is 30.6 Å². The third-order valence-corrected chi connectivity index (χ3v) is 7.37. The second kappa shape index (κ2) is 10.4. The Kier molecular flexibility index (Phi) is 7.38. The van der Waals surface area contributed by atoms with Crippen molar-refractivity contribution in [1.82, 2.24) is 25.0 Å². The number of aromatic nitrogens is 3. The summed E-state index contributed by atoms with van der Waals surface area (Å²) in [5.74, 6) is -0.0463. The third kappa shape index (κ3) is 5.21. The number of hydrogen-bond donors (Lipinski definition) is 1. The van der Waals surface area contributed by atoms with Gasteiger partial charge in [-0.05, 0) is 64.3 Å². The summed E-state index contributed by atoms with van der Waals surface area (Å²) in [4.78, 5) is 17.5. The maximum atomic E-state index is 12.8. The molecular formula is C22H34N6OS. The lowest BCUT2D eigenvalue weighted by Gasteiger charge is -2.31. The summed E-state index contributed by atoms with van der Waals surface area (Å²) in [6.07, 6.45) is 13.3. The predicted octanol–water partition coefficient (Wildman–Crippen LogP) is 3.70. The number of nitrogens with zero attached hydrogens (tertiary/aromatic N) is 5. The minimum Gasteiger partial charge on any atom is -0.351 e. The number of rotatable bonds is 8. The van der Waals surface area contributed by atoms with Crippen LogP contribution in [-0.4, -0.2) is 64.8 Å². The Morgan fingerprint density at radius 3 is 2.67 bits per heavy atom. The zero-order valence-corrected chi connectivity index (χ0v) is 18.9. The van der Waals surface area contributed by atoms with Gasteiger partial charge in [0.25, 0.3) is 5.91 Å². The van der Waals surface area contributed by atoms with Gasteiger partial charge in [-0.2, -0.15) is 0 Å². The van der Waals surface area contributed by atoms with Crippen LogP contribution in [0.25, 0.3) is 5.13 Å². The first-order valence-corrected chi connectivity index (χ1v) is 12.3. The van der Waals surface area contributed by atoms with Crippen molar-refractivity contribution in [3.05, 3.63) is 24.0 Å². The first-order valence-electron chi connectivity index (χ1n) is 11.5. The molecule has 30 heavy (non-hydrogen) atoms. The number of piperidine rings is 1. The van der Waals surface area contributed by atoms with Gasteiger partial charge in [0.2, 0.25) is 10.3 Å². The fourth-order valence-corrected chi connectivity index (χ4v) is 5.47. The van der Waals surface area contributed by atoms with Crippen LogP contribution in [-0.2, 0) is 0 Å². The molecule has 2 fully saturated rings. The molecule has 0 spiro atoms. The molecule has 1 amide bonds. The van der Waals surface area contributed by atoms with Crippen LogP contribution >= 0.6 is 11.3 Å². The summed E-state index contributed by atoms with van der Waals surface area (Å²) >= 11 is 1.56. The van der Waals surface area contributed by atoms with Crippen molar-refractivity contribution in [2.45, 2.75) is 63.8 Å². The van der Waals surface area contributed by atoms with Crippen molar-refractivity contribution in [3.63, 3.8) is 0 Å². The van der Waals surface area contributed by atoms with Crippen LogP contribution in [0.1, 0.15) is 68.3 Å². The molecule has 0 aromatic carbocycles. The van der Waals surface area contributed by atoms with Crippen molar-refractivity contribution in [3.8, 4) is 5.13 Å². The molecule has 0 atom stereocenters. The summed E-state index contributed by atoms with van der Waals surface area (Å²) < 4.78 is 1.86. The third-order valence-electron chi connectivity index (χ3n) is 6.39. The number of carbonyl (C=O) groups excluding carboxylic acids is 1. The van der Waals surface area contributed by atoms with Gasteiger partial charge < -0.3 is 15.1 Å². The van der Waals surface area contributed by atoms with Gasteiger partial charge in [0, 0.05) is 31.9 Å². The summed E-state index contributed by atoms with van der Waals surface area (Å²) in [7, 11) is 2.22. The van der Waals surface area contributed by atoms with Crippen molar-refractivity contribution in [2.24, 2.45) is 0 Å². The Labute approximate surface area is 183 Å². The van der Waals surface area contributed by atoms with E-state index in [4.69, 9.17) is 0 Å². The molecule has 1 saturated heterocycles. The molecule has 1 aliphatic heterocycles. The smallest absolute Gasteiger partial charge is 0.268 e. The average Bonchev–Trinajstić information content (AvgIpc) is 3.47. The number of nitrogens with one attached hydrogen (secondary N) is 1. The van der Waals surface area contributed by atoms with E-state index in [2.05, 4.69) is 32.4 Å². The molecule has 0 bridgehead atoms. The highest BCUT2D eigenvalue weighted by Crippen LogP contribution is 2.27. The Bertz CT molecular complexity index is 806. The molecule has 2 aromatic heterocycles. The Morgan fingerprint density at radius 2 is 1.87 bits per heavy atom. The lowest BCUT2D eigenvalue weighted by atomic mass is 9.94. The number of carbonyl (C=O) groups is 1. The van der Waals surface area contributed by atoms with E-state index in [-0.39, 0.29) is 5.91 Å². The van der Waals surface area contributed by atoms with E-state index in [1.165, 1.54) is 51.4 Å². The summed E-state index contributed by atoms with van der Waals surface area (Å²) in [6.45, 7) is 3.81. The van der Waals surface area contributed by atoms with Crippen LogP contribution in [0.3, 0.4) is 0 Å². The standard InChI is InChI=1S/C22H34N6OS/c1-26(18-10-4-2-5-11-18)14-9-13-23-20(29)19-12-8-17-28(19)22-25-24-21(30-22)27-15-6-3-7-16-27/h8,12,17-18H,2-7,9-11,13-16H2,1H3,(H,23,29). The zero-order chi connectivity index (χ0) is 20.8. The lowest BCUT2D eigenvalue weighted by Crippen LogP contribution is -2.36. The topological polar surface area (TPSA) is 66.3 Å². The van der Waals surface area contributed by atoms with Crippen LogP contribution < -0.4 is 10.2 Å². The highest BCUT2D eigenvalue weighted by Gasteiger charge is 2.20. The molecule has 7 nitrogen and oxygen atoms in total. The highest BCUT2D eigenvalue weighted by atomic mass is 32.1.